The molecule has 0 saturated carbocycles. The van der Waals surface area contributed by atoms with Crippen molar-refractivity contribution in [1.82, 2.24) is 9.55 Å². The summed E-state index contributed by atoms with van der Waals surface area (Å²) in [6, 6.07) is 0. The number of hydrogen-bond acceptors (Lipinski definition) is 3. The molecule has 1 aromatic rings. The third-order valence-corrected chi connectivity index (χ3v) is 3.22. The zero-order valence-corrected chi connectivity index (χ0v) is 11.2. The van der Waals surface area contributed by atoms with Gasteiger partial charge in [0.25, 0.3) is 5.56 Å². The smallest absolute Gasteiger partial charge is 0.268 e. The van der Waals surface area contributed by atoms with Crippen molar-refractivity contribution in [2.45, 2.75) is 33.7 Å². The maximum absolute atomic E-state index is 11.8. The molecular weight excluding hydrogens is 272 g/mol. The monoisotopic (exact) mass is 286 g/mol. The Balaban J connectivity index is 3.02. The highest BCUT2D eigenvalue weighted by atomic mass is 79.9. The molecule has 0 radical (unpaired) electrons. The summed E-state index contributed by atoms with van der Waals surface area (Å²) in [6.07, 6.45) is 2.25. The van der Waals surface area contributed by atoms with E-state index < -0.39 is 0 Å². The Hall–Kier alpha value is -0.970. The van der Waals surface area contributed by atoms with Gasteiger partial charge in [-0.3, -0.25) is 14.2 Å². The molecule has 88 valence electrons. The second kappa shape index (κ2) is 5.39. The van der Waals surface area contributed by atoms with Crippen LogP contribution < -0.4 is 5.56 Å². The molecule has 1 atom stereocenters. The molecule has 0 saturated heterocycles. The molecule has 0 aliphatic carbocycles. The van der Waals surface area contributed by atoms with Crippen molar-refractivity contribution < 1.29 is 4.79 Å². The number of nitrogens with zero attached hydrogens (tertiary/aromatic N) is 2. The van der Waals surface area contributed by atoms with E-state index in [1.807, 2.05) is 13.8 Å². The van der Waals surface area contributed by atoms with Gasteiger partial charge in [0.1, 0.15) is 10.3 Å². The van der Waals surface area contributed by atoms with Crippen molar-refractivity contribution in [3.63, 3.8) is 0 Å². The first kappa shape index (κ1) is 13.1. The number of aromatic nitrogens is 2. The number of Topliss-reactive ketones (excluding diaryl/α,β-unsaturated/α-hetero) is 1. The first-order chi connectivity index (χ1) is 7.47. The summed E-state index contributed by atoms with van der Waals surface area (Å²) < 4.78 is 1.79. The van der Waals surface area contributed by atoms with Gasteiger partial charge >= 0.3 is 0 Å². The summed E-state index contributed by atoms with van der Waals surface area (Å²) in [7, 11) is 0. The van der Waals surface area contributed by atoms with Crippen LogP contribution in [-0.2, 0) is 11.3 Å². The number of aryl methyl sites for hydroxylation is 1. The number of rotatable bonds is 4. The molecule has 0 aromatic carbocycles. The van der Waals surface area contributed by atoms with E-state index in [-0.39, 0.29) is 23.8 Å². The van der Waals surface area contributed by atoms with Crippen molar-refractivity contribution in [2.75, 3.05) is 0 Å². The van der Waals surface area contributed by atoms with E-state index in [0.717, 1.165) is 6.42 Å². The molecule has 5 heteroatoms. The molecule has 0 amide bonds. The zero-order chi connectivity index (χ0) is 12.3. The Morgan fingerprint density at radius 3 is 2.81 bits per heavy atom. The van der Waals surface area contributed by atoms with Crippen LogP contribution >= 0.6 is 15.9 Å². The van der Waals surface area contributed by atoms with Gasteiger partial charge in [0.05, 0.1) is 6.54 Å². The van der Waals surface area contributed by atoms with E-state index in [2.05, 4.69) is 20.9 Å². The van der Waals surface area contributed by atoms with Crippen molar-refractivity contribution >= 4 is 21.7 Å². The summed E-state index contributed by atoms with van der Waals surface area (Å²) in [5, 5.41) is 0. The summed E-state index contributed by atoms with van der Waals surface area (Å²) in [5.41, 5.74) is -0.204. The Labute approximate surface area is 103 Å². The molecule has 0 aliphatic heterocycles. The standard InChI is InChI=1S/C11H15BrN2O2/c1-4-7(2)10(15)6-14-8(3)13-5-9(12)11(14)16/h5,7H,4,6H2,1-3H3. The third-order valence-electron chi connectivity index (χ3n) is 2.68. The fourth-order valence-electron chi connectivity index (χ4n) is 1.28. The highest BCUT2D eigenvalue weighted by Crippen LogP contribution is 2.06. The number of ketones is 1. The van der Waals surface area contributed by atoms with E-state index in [1.54, 1.807) is 6.92 Å². The molecule has 0 bridgehead atoms. The molecular formula is C11H15BrN2O2. The topological polar surface area (TPSA) is 52.0 Å². The van der Waals surface area contributed by atoms with Crippen molar-refractivity contribution in [1.29, 1.82) is 0 Å². The molecule has 1 heterocycles. The van der Waals surface area contributed by atoms with Gasteiger partial charge < -0.3 is 0 Å². The van der Waals surface area contributed by atoms with Crippen LogP contribution in [0.25, 0.3) is 0 Å². The lowest BCUT2D eigenvalue weighted by molar-refractivity contribution is -0.123. The summed E-state index contributed by atoms with van der Waals surface area (Å²) in [5.74, 6) is 0.600. The normalized spacial score (nSPS) is 12.5. The number of carbonyl (C=O) groups excluding carboxylic acids is 1. The van der Waals surface area contributed by atoms with Gasteiger partial charge in [-0.25, -0.2) is 4.98 Å². The fourth-order valence-corrected chi connectivity index (χ4v) is 1.59. The van der Waals surface area contributed by atoms with Crippen LogP contribution in [0.2, 0.25) is 0 Å². The van der Waals surface area contributed by atoms with Gasteiger partial charge in [-0.1, -0.05) is 13.8 Å². The second-order valence-corrected chi connectivity index (χ2v) is 4.67. The largest absolute Gasteiger partial charge is 0.297 e. The van der Waals surface area contributed by atoms with Gasteiger partial charge in [-0.2, -0.15) is 0 Å². The van der Waals surface area contributed by atoms with Crippen molar-refractivity contribution in [3.05, 3.63) is 26.8 Å². The molecule has 0 fully saturated rings. The van der Waals surface area contributed by atoms with Gasteiger partial charge in [0, 0.05) is 12.1 Å². The lowest BCUT2D eigenvalue weighted by atomic mass is 10.0. The molecule has 1 rings (SSSR count). The number of carbonyl (C=O) groups is 1. The maximum Gasteiger partial charge on any atom is 0.268 e. The van der Waals surface area contributed by atoms with Crippen molar-refractivity contribution in [3.8, 4) is 0 Å². The minimum atomic E-state index is -0.204. The highest BCUT2D eigenvalue weighted by molar-refractivity contribution is 9.10. The van der Waals surface area contributed by atoms with E-state index in [4.69, 9.17) is 0 Å². The van der Waals surface area contributed by atoms with Crippen LogP contribution in [0.4, 0.5) is 0 Å². The molecule has 0 spiro atoms. The molecule has 0 N–H and O–H groups in total. The van der Waals surface area contributed by atoms with E-state index in [1.165, 1.54) is 10.8 Å². The Morgan fingerprint density at radius 2 is 2.25 bits per heavy atom. The van der Waals surface area contributed by atoms with Gasteiger partial charge in [0.15, 0.2) is 5.78 Å². The predicted octanol–water partition coefficient (Wildman–Crippen LogP) is 1.93. The fraction of sp³-hybridized carbons (Fsp3) is 0.545. The minimum Gasteiger partial charge on any atom is -0.297 e. The predicted molar refractivity (Wildman–Crippen MR) is 65.4 cm³/mol. The lowest BCUT2D eigenvalue weighted by Crippen LogP contribution is -2.29. The summed E-state index contributed by atoms with van der Waals surface area (Å²) in [4.78, 5) is 27.6. The van der Waals surface area contributed by atoms with Crippen LogP contribution in [0.1, 0.15) is 26.1 Å². The van der Waals surface area contributed by atoms with E-state index in [0.29, 0.717) is 10.3 Å². The van der Waals surface area contributed by atoms with Crippen molar-refractivity contribution in [2.24, 2.45) is 5.92 Å². The number of hydrogen-bond donors (Lipinski definition) is 0. The summed E-state index contributed by atoms with van der Waals surface area (Å²) in [6.45, 7) is 5.65. The Morgan fingerprint density at radius 1 is 1.62 bits per heavy atom. The minimum absolute atomic E-state index is 0.0229. The zero-order valence-electron chi connectivity index (χ0n) is 9.66. The van der Waals surface area contributed by atoms with Gasteiger partial charge in [-0.05, 0) is 29.3 Å². The molecule has 1 aromatic heterocycles. The molecule has 0 aliphatic rings. The second-order valence-electron chi connectivity index (χ2n) is 3.82. The summed E-state index contributed by atoms with van der Waals surface area (Å²) >= 11 is 3.12. The third kappa shape index (κ3) is 2.78. The Kier molecular flexibility index (Phi) is 4.41. The maximum atomic E-state index is 11.8. The average Bonchev–Trinajstić information content (AvgIpc) is 2.28. The molecule has 1 unspecified atom stereocenters. The van der Waals surface area contributed by atoms with Crippen LogP contribution in [0.15, 0.2) is 15.5 Å². The molecule has 16 heavy (non-hydrogen) atoms. The van der Waals surface area contributed by atoms with E-state index in [9.17, 15) is 9.59 Å². The highest BCUT2D eigenvalue weighted by Gasteiger charge is 2.14. The van der Waals surface area contributed by atoms with Crippen LogP contribution in [-0.4, -0.2) is 15.3 Å². The molecule has 4 nitrogen and oxygen atoms in total. The van der Waals surface area contributed by atoms with Gasteiger partial charge in [0.2, 0.25) is 0 Å². The number of halogens is 1. The van der Waals surface area contributed by atoms with E-state index >= 15 is 0 Å². The lowest BCUT2D eigenvalue weighted by Gasteiger charge is -2.11. The first-order valence-corrected chi connectivity index (χ1v) is 6.01. The average molecular weight is 287 g/mol. The first-order valence-electron chi connectivity index (χ1n) is 5.22. The van der Waals surface area contributed by atoms with Gasteiger partial charge in [-0.15, -0.1) is 0 Å². The Bertz CT molecular complexity index is 454. The quantitative estimate of drug-likeness (QED) is 0.850. The van der Waals surface area contributed by atoms with Crippen LogP contribution in [0.3, 0.4) is 0 Å². The SMILES string of the molecule is CCC(C)C(=O)Cn1c(C)ncc(Br)c1=O. The van der Waals surface area contributed by atoms with Crippen LogP contribution in [0, 0.1) is 12.8 Å². The van der Waals surface area contributed by atoms with Crippen LogP contribution in [0.5, 0.6) is 0 Å².